The molecule has 1 atom stereocenters. The predicted octanol–water partition coefficient (Wildman–Crippen LogP) is 2.23. The number of nitrogens with one attached hydrogen (secondary N) is 1. The molecule has 0 aromatic heterocycles. The summed E-state index contributed by atoms with van der Waals surface area (Å²) in [5.41, 5.74) is 0.494. The third-order valence-electron chi connectivity index (χ3n) is 5.41. The van der Waals surface area contributed by atoms with Crippen molar-refractivity contribution in [1.82, 2.24) is 9.80 Å². The van der Waals surface area contributed by atoms with Crippen molar-refractivity contribution in [1.29, 1.82) is 0 Å². The first kappa shape index (κ1) is 21.3. The number of hydrogen-bond donors (Lipinski definition) is 1. The third kappa shape index (κ3) is 4.95. The van der Waals surface area contributed by atoms with Crippen molar-refractivity contribution in [2.45, 2.75) is 56.4 Å². The van der Waals surface area contributed by atoms with Crippen molar-refractivity contribution < 1.29 is 18.0 Å². The van der Waals surface area contributed by atoms with Crippen LogP contribution in [0.2, 0.25) is 0 Å². The molecule has 0 saturated carbocycles. The summed E-state index contributed by atoms with van der Waals surface area (Å²) in [5, 5.41) is 2.81. The van der Waals surface area contributed by atoms with Crippen LogP contribution in [0.1, 0.15) is 45.4 Å². The maximum atomic E-state index is 12.7. The number of amidine groups is 1. The van der Waals surface area contributed by atoms with Crippen LogP contribution >= 0.6 is 0 Å². The molecule has 3 rings (SSSR count). The van der Waals surface area contributed by atoms with E-state index >= 15 is 0 Å². The highest BCUT2D eigenvalue weighted by Gasteiger charge is 2.31. The van der Waals surface area contributed by atoms with E-state index in [-0.39, 0.29) is 16.7 Å². The Morgan fingerprint density at radius 2 is 1.86 bits per heavy atom. The van der Waals surface area contributed by atoms with E-state index in [1.807, 2.05) is 11.9 Å². The standard InChI is InChI=1S/C20H28N4O4S/c1-3-19(25)24-14-5-4-7-17(24)20(26)21-15-9-11-16(12-10-15)29(27,28)22-18-8-6-13-23(18)2/h9-12,17H,3-8,13-14H2,1-2H3,(H,21,26)/b22-18-. The summed E-state index contributed by atoms with van der Waals surface area (Å²) in [4.78, 5) is 28.4. The first-order valence-electron chi connectivity index (χ1n) is 10.1. The largest absolute Gasteiger partial charge is 0.362 e. The number of likely N-dealkylation sites (tertiary alicyclic amines) is 2. The van der Waals surface area contributed by atoms with E-state index in [1.165, 1.54) is 12.1 Å². The van der Waals surface area contributed by atoms with Crippen LogP contribution < -0.4 is 5.32 Å². The van der Waals surface area contributed by atoms with Gasteiger partial charge in [-0.25, -0.2) is 0 Å². The summed E-state index contributed by atoms with van der Waals surface area (Å²) >= 11 is 0. The lowest BCUT2D eigenvalue weighted by atomic mass is 10.0. The van der Waals surface area contributed by atoms with Crippen molar-refractivity contribution in [3.05, 3.63) is 24.3 Å². The Bertz CT molecular complexity index is 896. The molecule has 2 amide bonds. The van der Waals surface area contributed by atoms with Crippen LogP contribution in [0.4, 0.5) is 5.69 Å². The summed E-state index contributed by atoms with van der Waals surface area (Å²) in [6, 6.07) is 5.51. The van der Waals surface area contributed by atoms with Gasteiger partial charge < -0.3 is 15.1 Å². The fourth-order valence-electron chi connectivity index (χ4n) is 3.74. The summed E-state index contributed by atoms with van der Waals surface area (Å²) in [7, 11) is -1.95. The third-order valence-corrected chi connectivity index (χ3v) is 6.73. The van der Waals surface area contributed by atoms with Crippen molar-refractivity contribution in [2.24, 2.45) is 4.40 Å². The molecule has 158 valence electrons. The fourth-order valence-corrected chi connectivity index (χ4v) is 4.84. The Morgan fingerprint density at radius 3 is 2.48 bits per heavy atom. The first-order valence-corrected chi connectivity index (χ1v) is 11.5. The molecule has 1 aromatic carbocycles. The number of carbonyl (C=O) groups excluding carboxylic acids is 2. The van der Waals surface area contributed by atoms with Gasteiger partial charge in [-0.2, -0.15) is 8.42 Å². The van der Waals surface area contributed by atoms with Crippen LogP contribution in [-0.2, 0) is 19.6 Å². The topological polar surface area (TPSA) is 99.2 Å². The summed E-state index contributed by atoms with van der Waals surface area (Å²) in [6.45, 7) is 3.19. The molecule has 2 aliphatic rings. The second-order valence-corrected chi connectivity index (χ2v) is 9.08. The quantitative estimate of drug-likeness (QED) is 0.787. The number of anilines is 1. The molecule has 0 bridgehead atoms. The smallest absolute Gasteiger partial charge is 0.283 e. The molecule has 1 unspecified atom stereocenters. The SMILES string of the molecule is CCC(=O)N1CCCCC1C(=O)Nc1ccc(S(=O)(=O)/N=C2/CCCN2C)cc1. The number of nitrogens with zero attached hydrogens (tertiary/aromatic N) is 3. The Balaban J connectivity index is 1.70. The Kier molecular flexibility index (Phi) is 6.56. The highest BCUT2D eigenvalue weighted by molar-refractivity contribution is 7.90. The minimum absolute atomic E-state index is 0.0257. The molecule has 2 heterocycles. The van der Waals surface area contributed by atoms with E-state index in [9.17, 15) is 18.0 Å². The van der Waals surface area contributed by atoms with Crippen molar-refractivity contribution in [2.75, 3.05) is 25.5 Å². The number of rotatable bonds is 5. The molecule has 2 aliphatic heterocycles. The second kappa shape index (κ2) is 8.94. The highest BCUT2D eigenvalue weighted by Crippen LogP contribution is 2.22. The number of benzene rings is 1. The van der Waals surface area contributed by atoms with Crippen LogP contribution in [0.25, 0.3) is 0 Å². The van der Waals surface area contributed by atoms with E-state index in [0.717, 1.165) is 25.8 Å². The second-order valence-electron chi connectivity index (χ2n) is 7.47. The number of sulfonamides is 1. The summed E-state index contributed by atoms with van der Waals surface area (Å²) < 4.78 is 29.0. The van der Waals surface area contributed by atoms with E-state index in [1.54, 1.807) is 24.0 Å². The van der Waals surface area contributed by atoms with E-state index in [0.29, 0.717) is 37.3 Å². The molecule has 2 fully saturated rings. The van der Waals surface area contributed by atoms with Crippen LogP contribution in [0.15, 0.2) is 33.6 Å². The van der Waals surface area contributed by atoms with Gasteiger partial charge in [-0.3, -0.25) is 9.59 Å². The molecule has 2 saturated heterocycles. The monoisotopic (exact) mass is 420 g/mol. The lowest BCUT2D eigenvalue weighted by Crippen LogP contribution is -2.49. The molecule has 1 aromatic rings. The van der Waals surface area contributed by atoms with E-state index in [2.05, 4.69) is 9.71 Å². The first-order chi connectivity index (χ1) is 13.8. The Morgan fingerprint density at radius 1 is 1.14 bits per heavy atom. The van der Waals surface area contributed by atoms with Crippen LogP contribution in [0.5, 0.6) is 0 Å². The zero-order valence-electron chi connectivity index (χ0n) is 16.9. The molecular formula is C20H28N4O4S. The number of hydrogen-bond acceptors (Lipinski definition) is 4. The minimum Gasteiger partial charge on any atom is -0.362 e. The summed E-state index contributed by atoms with van der Waals surface area (Å²) in [5.74, 6) is 0.303. The zero-order chi connectivity index (χ0) is 21.0. The molecule has 9 heteroatoms. The van der Waals surface area contributed by atoms with E-state index in [4.69, 9.17) is 0 Å². The fraction of sp³-hybridized carbons (Fsp3) is 0.550. The number of amides is 2. The lowest BCUT2D eigenvalue weighted by Gasteiger charge is -2.34. The van der Waals surface area contributed by atoms with Gasteiger partial charge in [0.15, 0.2) is 0 Å². The molecule has 8 nitrogen and oxygen atoms in total. The highest BCUT2D eigenvalue weighted by atomic mass is 32.2. The zero-order valence-corrected chi connectivity index (χ0v) is 17.7. The molecule has 0 radical (unpaired) electrons. The van der Waals surface area contributed by atoms with E-state index < -0.39 is 16.1 Å². The van der Waals surface area contributed by atoms with Gasteiger partial charge in [0.05, 0.1) is 4.90 Å². The maximum absolute atomic E-state index is 12.7. The molecule has 0 aliphatic carbocycles. The Hall–Kier alpha value is -2.42. The molecule has 0 spiro atoms. The van der Waals surface area contributed by atoms with Gasteiger partial charge >= 0.3 is 0 Å². The predicted molar refractivity (Wildman–Crippen MR) is 111 cm³/mol. The normalized spacial score (nSPS) is 21.4. The average molecular weight is 421 g/mol. The van der Waals surface area contributed by atoms with Crippen LogP contribution in [0, 0.1) is 0 Å². The van der Waals surface area contributed by atoms with Gasteiger partial charge in [0.1, 0.15) is 11.9 Å². The minimum atomic E-state index is -3.79. The molecule has 1 N–H and O–H groups in total. The molecular weight excluding hydrogens is 392 g/mol. The van der Waals surface area contributed by atoms with Crippen molar-refractivity contribution in [3.8, 4) is 0 Å². The van der Waals surface area contributed by atoms with Gasteiger partial charge in [-0.05, 0) is 49.9 Å². The number of carbonyl (C=O) groups is 2. The van der Waals surface area contributed by atoms with Gasteiger partial charge in [0.2, 0.25) is 11.8 Å². The average Bonchev–Trinajstić information content (AvgIpc) is 3.11. The van der Waals surface area contributed by atoms with Gasteiger partial charge in [0.25, 0.3) is 10.0 Å². The van der Waals surface area contributed by atoms with Crippen molar-refractivity contribution in [3.63, 3.8) is 0 Å². The lowest BCUT2D eigenvalue weighted by molar-refractivity contribution is -0.140. The van der Waals surface area contributed by atoms with Crippen LogP contribution in [-0.4, -0.2) is 62.0 Å². The molecule has 29 heavy (non-hydrogen) atoms. The van der Waals surface area contributed by atoms with Gasteiger partial charge in [0, 0.05) is 38.7 Å². The number of piperidine rings is 1. The summed E-state index contributed by atoms with van der Waals surface area (Å²) in [6.07, 6.45) is 4.35. The van der Waals surface area contributed by atoms with Crippen LogP contribution in [0.3, 0.4) is 0 Å². The van der Waals surface area contributed by atoms with Gasteiger partial charge in [-0.15, -0.1) is 4.40 Å². The Labute approximate surface area is 172 Å². The van der Waals surface area contributed by atoms with Gasteiger partial charge in [-0.1, -0.05) is 6.92 Å². The van der Waals surface area contributed by atoms with Crippen molar-refractivity contribution >= 4 is 33.4 Å². The maximum Gasteiger partial charge on any atom is 0.283 e.